The molecule has 2 aliphatic rings. The van der Waals surface area contributed by atoms with Crippen molar-refractivity contribution in [3.63, 3.8) is 0 Å². The Kier molecular flexibility index (Phi) is 2.97. The summed E-state index contributed by atoms with van der Waals surface area (Å²) in [6.07, 6.45) is 0. The molecule has 4 nitrogen and oxygen atoms in total. The summed E-state index contributed by atoms with van der Waals surface area (Å²) in [5, 5.41) is 7.54. The lowest BCUT2D eigenvalue weighted by molar-refractivity contribution is -0.129. The monoisotopic (exact) mass is 244 g/mol. The van der Waals surface area contributed by atoms with Crippen molar-refractivity contribution in [2.24, 2.45) is 5.92 Å². The van der Waals surface area contributed by atoms with E-state index in [0.717, 1.165) is 5.70 Å². The van der Waals surface area contributed by atoms with E-state index >= 15 is 0 Å². The smallest absolute Gasteiger partial charge is 0.248 e. The van der Waals surface area contributed by atoms with Gasteiger partial charge in [-0.25, -0.2) is 0 Å². The van der Waals surface area contributed by atoms with E-state index in [1.165, 1.54) is 0 Å². The third-order valence-electron chi connectivity index (χ3n) is 2.32. The van der Waals surface area contributed by atoms with Gasteiger partial charge >= 0.3 is 0 Å². The molecule has 0 aliphatic carbocycles. The van der Waals surface area contributed by atoms with Gasteiger partial charge in [0.25, 0.3) is 0 Å². The van der Waals surface area contributed by atoms with Crippen LogP contribution in [0.5, 0.6) is 0 Å². The van der Waals surface area contributed by atoms with Crippen LogP contribution >= 0.6 is 21.6 Å². The Labute approximate surface area is 96.0 Å². The maximum absolute atomic E-state index is 11.6. The van der Waals surface area contributed by atoms with Gasteiger partial charge in [0.05, 0.1) is 5.25 Å². The van der Waals surface area contributed by atoms with Gasteiger partial charge in [-0.05, 0) is 0 Å². The van der Waals surface area contributed by atoms with Crippen LogP contribution in [0.1, 0.15) is 13.8 Å². The predicted octanol–water partition coefficient (Wildman–Crippen LogP) is 0.862. The van der Waals surface area contributed by atoms with Gasteiger partial charge in [0.15, 0.2) is 0 Å². The van der Waals surface area contributed by atoms with Crippen LogP contribution in [-0.2, 0) is 9.59 Å². The second-order valence-electron chi connectivity index (χ2n) is 3.82. The van der Waals surface area contributed by atoms with E-state index in [1.54, 1.807) is 21.6 Å². The summed E-state index contributed by atoms with van der Waals surface area (Å²) >= 11 is 0. The average molecular weight is 244 g/mol. The van der Waals surface area contributed by atoms with Crippen molar-refractivity contribution in [3.8, 4) is 0 Å². The van der Waals surface area contributed by atoms with Crippen molar-refractivity contribution in [2.75, 3.05) is 0 Å². The highest BCUT2D eigenvalue weighted by Gasteiger charge is 2.42. The Morgan fingerprint density at radius 2 is 2.33 bits per heavy atom. The summed E-state index contributed by atoms with van der Waals surface area (Å²) in [4.78, 5) is 23.1. The third kappa shape index (κ3) is 2.01. The van der Waals surface area contributed by atoms with E-state index in [-0.39, 0.29) is 23.0 Å². The number of carbonyl (C=O) groups is 2. The largest absolute Gasteiger partial charge is 0.343 e. The van der Waals surface area contributed by atoms with Gasteiger partial charge in [-0.2, -0.15) is 0 Å². The van der Waals surface area contributed by atoms with Crippen molar-refractivity contribution >= 4 is 33.4 Å². The number of nitrogens with one attached hydrogen (secondary N) is 2. The zero-order valence-corrected chi connectivity index (χ0v) is 10.1. The van der Waals surface area contributed by atoms with Crippen LogP contribution in [0, 0.1) is 5.92 Å². The summed E-state index contributed by atoms with van der Waals surface area (Å²) in [7, 11) is 3.20. The fourth-order valence-corrected chi connectivity index (χ4v) is 4.00. The van der Waals surface area contributed by atoms with E-state index in [9.17, 15) is 9.59 Å². The van der Waals surface area contributed by atoms with Gasteiger partial charge < -0.3 is 10.6 Å². The fourth-order valence-electron chi connectivity index (χ4n) is 1.41. The van der Waals surface area contributed by atoms with Crippen molar-refractivity contribution in [2.45, 2.75) is 25.1 Å². The lowest BCUT2D eigenvalue weighted by Gasteiger charge is -2.16. The topological polar surface area (TPSA) is 58.2 Å². The zero-order valence-electron chi connectivity index (χ0n) is 8.44. The lowest BCUT2D eigenvalue weighted by atomic mass is 10.1. The van der Waals surface area contributed by atoms with Crippen LogP contribution in [0.4, 0.5) is 0 Å². The molecule has 0 spiro atoms. The molecule has 0 aromatic carbocycles. The predicted molar refractivity (Wildman–Crippen MR) is 62.0 cm³/mol. The molecule has 1 fully saturated rings. The Morgan fingerprint density at radius 1 is 1.60 bits per heavy atom. The molecule has 15 heavy (non-hydrogen) atoms. The summed E-state index contributed by atoms with van der Waals surface area (Å²) in [6, 6.07) is -0.411. The second-order valence-corrected chi connectivity index (χ2v) is 6.10. The Hall–Kier alpha value is -0.620. The molecule has 1 saturated heterocycles. The molecule has 2 atom stereocenters. The van der Waals surface area contributed by atoms with Crippen LogP contribution in [0.2, 0.25) is 0 Å². The van der Waals surface area contributed by atoms with Crippen LogP contribution in [-0.4, -0.2) is 23.1 Å². The Balaban J connectivity index is 2.06. The van der Waals surface area contributed by atoms with Crippen LogP contribution in [0.15, 0.2) is 11.1 Å². The van der Waals surface area contributed by atoms with Gasteiger partial charge in [0, 0.05) is 17.0 Å². The van der Waals surface area contributed by atoms with Crippen molar-refractivity contribution < 1.29 is 9.59 Å². The third-order valence-corrected chi connectivity index (χ3v) is 4.75. The summed E-state index contributed by atoms with van der Waals surface area (Å²) < 4.78 is 0. The highest BCUT2D eigenvalue weighted by molar-refractivity contribution is 8.78. The number of carbonyl (C=O) groups excluding carboxylic acids is 2. The number of hydrogen-bond acceptors (Lipinski definition) is 4. The maximum Gasteiger partial charge on any atom is 0.248 e. The van der Waals surface area contributed by atoms with Gasteiger partial charge in [0.1, 0.15) is 6.04 Å². The SMILES string of the molecule is CC(C)C(=O)NC1C(=O)NC2=CSSC21. The van der Waals surface area contributed by atoms with E-state index in [2.05, 4.69) is 10.6 Å². The summed E-state index contributed by atoms with van der Waals surface area (Å²) in [5.74, 6) is -0.271. The molecule has 2 unspecified atom stereocenters. The molecule has 2 aliphatic heterocycles. The minimum atomic E-state index is -0.411. The quantitative estimate of drug-likeness (QED) is 0.707. The first-order valence-electron chi connectivity index (χ1n) is 4.73. The number of amides is 2. The van der Waals surface area contributed by atoms with E-state index in [1.807, 2.05) is 19.3 Å². The molecule has 6 heteroatoms. The molecule has 0 bridgehead atoms. The molecule has 0 aromatic rings. The zero-order chi connectivity index (χ0) is 11.0. The molecule has 2 rings (SSSR count). The first-order chi connectivity index (χ1) is 7.09. The first-order valence-corrected chi connectivity index (χ1v) is 7.00. The summed E-state index contributed by atoms with van der Waals surface area (Å²) in [5.41, 5.74) is 0.920. The minimum Gasteiger partial charge on any atom is -0.343 e. The Morgan fingerprint density at radius 3 is 3.00 bits per heavy atom. The Bertz CT molecular complexity index is 341. The molecule has 82 valence electrons. The lowest BCUT2D eigenvalue weighted by Crippen LogP contribution is -2.45. The molecule has 0 radical (unpaired) electrons. The van der Waals surface area contributed by atoms with Crippen LogP contribution in [0.3, 0.4) is 0 Å². The van der Waals surface area contributed by atoms with Gasteiger partial charge in [-0.1, -0.05) is 35.4 Å². The summed E-state index contributed by atoms with van der Waals surface area (Å²) in [6.45, 7) is 3.63. The molecule has 0 saturated carbocycles. The van der Waals surface area contributed by atoms with Crippen LogP contribution in [0.25, 0.3) is 0 Å². The molecule has 0 aromatic heterocycles. The number of hydrogen-bond donors (Lipinski definition) is 2. The van der Waals surface area contributed by atoms with Crippen molar-refractivity contribution in [3.05, 3.63) is 11.1 Å². The number of fused-ring (bicyclic) bond motifs is 1. The van der Waals surface area contributed by atoms with Gasteiger partial charge in [0.2, 0.25) is 11.8 Å². The van der Waals surface area contributed by atoms with Crippen LogP contribution < -0.4 is 10.6 Å². The minimum absolute atomic E-state index is 0.0604. The normalized spacial score (nSPS) is 28.7. The standard InChI is InChI=1S/C9H12N2O2S2/c1-4(2)8(12)11-6-7-5(3-14-15-7)10-9(6)13/h3-4,6-7H,1-2H3,(H,10,13)(H,11,12). The van der Waals surface area contributed by atoms with E-state index in [0.29, 0.717) is 0 Å². The molecule has 2 amide bonds. The second kappa shape index (κ2) is 4.09. The van der Waals surface area contributed by atoms with E-state index < -0.39 is 6.04 Å². The number of rotatable bonds is 2. The fraction of sp³-hybridized carbons (Fsp3) is 0.556. The molecular formula is C9H12N2O2S2. The van der Waals surface area contributed by atoms with Gasteiger partial charge in [-0.15, -0.1) is 0 Å². The van der Waals surface area contributed by atoms with E-state index in [4.69, 9.17) is 0 Å². The first kappa shape index (κ1) is 10.9. The average Bonchev–Trinajstić information content (AvgIpc) is 2.69. The highest BCUT2D eigenvalue weighted by atomic mass is 33.1. The van der Waals surface area contributed by atoms with Crippen molar-refractivity contribution in [1.29, 1.82) is 0 Å². The van der Waals surface area contributed by atoms with Crippen molar-refractivity contribution in [1.82, 2.24) is 10.6 Å². The maximum atomic E-state index is 11.6. The molecular weight excluding hydrogens is 232 g/mol. The molecule has 2 N–H and O–H groups in total. The molecule has 2 heterocycles. The van der Waals surface area contributed by atoms with Gasteiger partial charge in [-0.3, -0.25) is 9.59 Å². The highest BCUT2D eigenvalue weighted by Crippen LogP contribution is 2.43.